The molecule has 1 rings (SSSR count). The molecule has 0 aliphatic carbocycles. The van der Waals surface area contributed by atoms with Crippen molar-refractivity contribution in [2.24, 2.45) is 0 Å². The fourth-order valence-corrected chi connectivity index (χ4v) is 1.74. The zero-order valence-corrected chi connectivity index (χ0v) is 12.3. The molecule has 0 aromatic carbocycles. The number of carbonyl (C=O) groups excluding carboxylic acids is 2. The summed E-state index contributed by atoms with van der Waals surface area (Å²) in [6.45, 7) is 7.29. The molecule has 2 amide bonds. The van der Waals surface area contributed by atoms with Crippen LogP contribution in [0.25, 0.3) is 0 Å². The van der Waals surface area contributed by atoms with E-state index in [1.54, 1.807) is 13.0 Å². The number of hydrogen-bond acceptors (Lipinski definition) is 3. The first kappa shape index (κ1) is 15.4. The lowest BCUT2D eigenvalue weighted by Crippen LogP contribution is -2.45. The Morgan fingerprint density at radius 1 is 1.32 bits per heavy atom. The standard InChI is InChI=1S/C13H18ClN3O2/c1-8-5-9(6-10(14)16-8)12(19)15-7-11(18)17-13(2,3)4/h5-6H,7H2,1-4H3,(H,15,19)(H,17,18). The fraction of sp³-hybridized carbons (Fsp3) is 0.462. The molecule has 0 spiro atoms. The molecule has 0 saturated carbocycles. The van der Waals surface area contributed by atoms with Gasteiger partial charge in [-0.3, -0.25) is 9.59 Å². The average molecular weight is 284 g/mol. The summed E-state index contributed by atoms with van der Waals surface area (Å²) in [6, 6.07) is 3.08. The quantitative estimate of drug-likeness (QED) is 0.829. The van der Waals surface area contributed by atoms with Gasteiger partial charge in [-0.2, -0.15) is 0 Å². The number of nitrogens with one attached hydrogen (secondary N) is 2. The van der Waals surface area contributed by atoms with E-state index in [1.807, 2.05) is 20.8 Å². The highest BCUT2D eigenvalue weighted by Gasteiger charge is 2.15. The van der Waals surface area contributed by atoms with Crippen LogP contribution in [0.5, 0.6) is 0 Å². The predicted molar refractivity (Wildman–Crippen MR) is 74.2 cm³/mol. The van der Waals surface area contributed by atoms with Gasteiger partial charge in [0.05, 0.1) is 6.54 Å². The number of nitrogens with zero attached hydrogens (tertiary/aromatic N) is 1. The monoisotopic (exact) mass is 283 g/mol. The Balaban J connectivity index is 2.58. The van der Waals surface area contributed by atoms with Crippen molar-refractivity contribution in [2.75, 3.05) is 6.54 Å². The highest BCUT2D eigenvalue weighted by atomic mass is 35.5. The van der Waals surface area contributed by atoms with Gasteiger partial charge in [0, 0.05) is 16.8 Å². The van der Waals surface area contributed by atoms with Crippen LogP contribution in [-0.4, -0.2) is 28.9 Å². The summed E-state index contributed by atoms with van der Waals surface area (Å²) in [5, 5.41) is 5.55. The van der Waals surface area contributed by atoms with Crippen molar-refractivity contribution in [3.05, 3.63) is 28.5 Å². The first-order valence-corrected chi connectivity index (χ1v) is 6.28. The molecular weight excluding hydrogens is 266 g/mol. The van der Waals surface area contributed by atoms with Gasteiger partial charge >= 0.3 is 0 Å². The molecule has 0 fully saturated rings. The second-order valence-corrected chi connectivity index (χ2v) is 5.69. The van der Waals surface area contributed by atoms with Gasteiger partial charge in [-0.05, 0) is 39.8 Å². The van der Waals surface area contributed by atoms with Crippen molar-refractivity contribution < 1.29 is 9.59 Å². The third-order valence-electron chi connectivity index (χ3n) is 2.11. The lowest BCUT2D eigenvalue weighted by Gasteiger charge is -2.20. The lowest BCUT2D eigenvalue weighted by atomic mass is 10.1. The molecule has 19 heavy (non-hydrogen) atoms. The van der Waals surface area contributed by atoms with Crippen LogP contribution in [0.1, 0.15) is 36.8 Å². The minimum absolute atomic E-state index is 0.0743. The van der Waals surface area contributed by atoms with Crippen LogP contribution in [-0.2, 0) is 4.79 Å². The first-order valence-electron chi connectivity index (χ1n) is 5.91. The number of aromatic nitrogens is 1. The Morgan fingerprint density at radius 2 is 1.95 bits per heavy atom. The number of halogens is 1. The molecule has 0 bridgehead atoms. The van der Waals surface area contributed by atoms with E-state index in [2.05, 4.69) is 15.6 Å². The van der Waals surface area contributed by atoms with Gasteiger partial charge < -0.3 is 10.6 Å². The minimum Gasteiger partial charge on any atom is -0.350 e. The van der Waals surface area contributed by atoms with E-state index in [9.17, 15) is 9.59 Å². The predicted octanol–water partition coefficient (Wildman–Crippen LogP) is 1.69. The highest BCUT2D eigenvalue weighted by molar-refractivity contribution is 6.29. The third-order valence-corrected chi connectivity index (χ3v) is 2.30. The van der Waals surface area contributed by atoms with Crippen molar-refractivity contribution in [3.63, 3.8) is 0 Å². The van der Waals surface area contributed by atoms with Crippen molar-refractivity contribution in [1.29, 1.82) is 0 Å². The molecule has 0 radical (unpaired) electrons. The molecule has 0 aliphatic heterocycles. The van der Waals surface area contributed by atoms with E-state index in [1.165, 1.54) is 6.07 Å². The van der Waals surface area contributed by atoms with Crippen LogP contribution >= 0.6 is 11.6 Å². The first-order chi connectivity index (χ1) is 8.67. The van der Waals surface area contributed by atoms with E-state index < -0.39 is 0 Å². The Labute approximate surface area is 117 Å². The molecule has 1 aromatic rings. The lowest BCUT2D eigenvalue weighted by molar-refractivity contribution is -0.121. The zero-order chi connectivity index (χ0) is 14.6. The van der Waals surface area contributed by atoms with Crippen LogP contribution in [0.15, 0.2) is 12.1 Å². The van der Waals surface area contributed by atoms with E-state index in [4.69, 9.17) is 11.6 Å². The fourth-order valence-electron chi connectivity index (χ4n) is 1.48. The Kier molecular flexibility index (Phi) is 4.89. The number of aryl methyl sites for hydroxylation is 1. The molecule has 0 atom stereocenters. The van der Waals surface area contributed by atoms with Gasteiger partial charge in [0.2, 0.25) is 5.91 Å². The second-order valence-electron chi connectivity index (χ2n) is 5.30. The normalized spacial score (nSPS) is 11.0. The van der Waals surface area contributed by atoms with E-state index in [0.29, 0.717) is 11.3 Å². The molecule has 0 unspecified atom stereocenters. The zero-order valence-electron chi connectivity index (χ0n) is 11.5. The maximum atomic E-state index is 11.8. The topological polar surface area (TPSA) is 71.1 Å². The van der Waals surface area contributed by atoms with Crippen LogP contribution < -0.4 is 10.6 Å². The van der Waals surface area contributed by atoms with E-state index in [0.717, 1.165) is 0 Å². The molecule has 6 heteroatoms. The van der Waals surface area contributed by atoms with Gasteiger partial charge in [0.1, 0.15) is 5.15 Å². The molecule has 104 valence electrons. The Morgan fingerprint density at radius 3 is 2.47 bits per heavy atom. The summed E-state index contributed by atoms with van der Waals surface area (Å²) in [5.41, 5.74) is 0.719. The molecule has 1 aromatic heterocycles. The Bertz CT molecular complexity index is 475. The number of pyridine rings is 1. The van der Waals surface area contributed by atoms with Gasteiger partial charge in [-0.15, -0.1) is 0 Å². The van der Waals surface area contributed by atoms with Crippen molar-refractivity contribution in [1.82, 2.24) is 15.6 Å². The number of carbonyl (C=O) groups is 2. The molecule has 1 heterocycles. The second kappa shape index (κ2) is 6.02. The third kappa shape index (κ3) is 5.70. The van der Waals surface area contributed by atoms with Gasteiger partial charge in [-0.1, -0.05) is 11.6 Å². The van der Waals surface area contributed by atoms with Crippen molar-refractivity contribution >= 4 is 23.4 Å². The molecular formula is C13H18ClN3O2. The SMILES string of the molecule is Cc1cc(C(=O)NCC(=O)NC(C)(C)C)cc(Cl)n1. The summed E-state index contributed by atoms with van der Waals surface area (Å²) in [7, 11) is 0. The molecule has 0 aliphatic rings. The average Bonchev–Trinajstić information content (AvgIpc) is 2.22. The Hall–Kier alpha value is -1.62. The summed E-state index contributed by atoms with van der Waals surface area (Å²) in [4.78, 5) is 27.4. The van der Waals surface area contributed by atoms with Crippen LogP contribution in [0.3, 0.4) is 0 Å². The van der Waals surface area contributed by atoms with Crippen LogP contribution in [0, 0.1) is 6.92 Å². The summed E-state index contributed by atoms with van der Waals surface area (Å²) in [6.07, 6.45) is 0. The highest BCUT2D eigenvalue weighted by Crippen LogP contribution is 2.10. The largest absolute Gasteiger partial charge is 0.350 e. The van der Waals surface area contributed by atoms with Gasteiger partial charge in [0.25, 0.3) is 5.91 Å². The van der Waals surface area contributed by atoms with E-state index >= 15 is 0 Å². The molecule has 2 N–H and O–H groups in total. The number of hydrogen-bond donors (Lipinski definition) is 2. The van der Waals surface area contributed by atoms with Crippen molar-refractivity contribution in [3.8, 4) is 0 Å². The van der Waals surface area contributed by atoms with Gasteiger partial charge in [0.15, 0.2) is 0 Å². The van der Waals surface area contributed by atoms with Crippen LogP contribution in [0.4, 0.5) is 0 Å². The molecule has 0 saturated heterocycles. The number of amides is 2. The maximum Gasteiger partial charge on any atom is 0.251 e. The summed E-state index contributed by atoms with van der Waals surface area (Å²) in [5.74, 6) is -0.589. The van der Waals surface area contributed by atoms with Crippen molar-refractivity contribution in [2.45, 2.75) is 33.2 Å². The number of rotatable bonds is 3. The summed E-state index contributed by atoms with van der Waals surface area (Å²) < 4.78 is 0. The minimum atomic E-state index is -0.351. The summed E-state index contributed by atoms with van der Waals surface area (Å²) >= 11 is 5.77. The van der Waals surface area contributed by atoms with E-state index in [-0.39, 0.29) is 29.1 Å². The van der Waals surface area contributed by atoms with Gasteiger partial charge in [-0.25, -0.2) is 4.98 Å². The molecule has 5 nitrogen and oxygen atoms in total. The maximum absolute atomic E-state index is 11.8. The smallest absolute Gasteiger partial charge is 0.251 e. The van der Waals surface area contributed by atoms with Crippen LogP contribution in [0.2, 0.25) is 5.15 Å².